The van der Waals surface area contributed by atoms with E-state index >= 15 is 0 Å². The Labute approximate surface area is 153 Å². The van der Waals surface area contributed by atoms with Gasteiger partial charge in [-0.25, -0.2) is 4.79 Å². The van der Waals surface area contributed by atoms with Gasteiger partial charge in [-0.1, -0.05) is 17.3 Å². The van der Waals surface area contributed by atoms with Crippen molar-refractivity contribution in [2.24, 2.45) is 5.16 Å². The predicted molar refractivity (Wildman–Crippen MR) is 97.1 cm³/mol. The van der Waals surface area contributed by atoms with Crippen LogP contribution in [0.5, 0.6) is 17.2 Å². The van der Waals surface area contributed by atoms with Gasteiger partial charge in [0.15, 0.2) is 0 Å². The fourth-order valence-corrected chi connectivity index (χ4v) is 2.56. The maximum Gasteiger partial charge on any atom is 0.337 e. The molecule has 0 saturated heterocycles. The molecule has 1 unspecified atom stereocenters. The van der Waals surface area contributed by atoms with Crippen LogP contribution in [0.3, 0.4) is 0 Å². The van der Waals surface area contributed by atoms with E-state index in [1.165, 1.54) is 20.4 Å². The fourth-order valence-electron chi connectivity index (χ4n) is 2.56. The molecule has 0 fully saturated rings. The Morgan fingerprint density at radius 3 is 2.50 bits per heavy atom. The molecule has 1 atom stereocenters. The van der Waals surface area contributed by atoms with Crippen molar-refractivity contribution in [3.05, 3.63) is 29.8 Å². The van der Waals surface area contributed by atoms with E-state index in [0.29, 0.717) is 29.4 Å². The molecular formula is C19H25NO6. The van der Waals surface area contributed by atoms with Gasteiger partial charge >= 0.3 is 5.97 Å². The van der Waals surface area contributed by atoms with Crippen LogP contribution in [0.1, 0.15) is 31.2 Å². The third-order valence-corrected chi connectivity index (χ3v) is 3.94. The Bertz CT molecular complexity index is 630. The zero-order valence-electron chi connectivity index (χ0n) is 15.4. The van der Waals surface area contributed by atoms with Crippen molar-refractivity contribution in [2.45, 2.75) is 31.8 Å². The molecule has 7 nitrogen and oxygen atoms in total. The summed E-state index contributed by atoms with van der Waals surface area (Å²) in [6.45, 7) is 0.304. The molecule has 7 heteroatoms. The summed E-state index contributed by atoms with van der Waals surface area (Å²) < 4.78 is 21.4. The van der Waals surface area contributed by atoms with Gasteiger partial charge in [0.2, 0.25) is 0 Å². The Morgan fingerprint density at radius 2 is 1.92 bits per heavy atom. The lowest BCUT2D eigenvalue weighted by Crippen LogP contribution is -2.15. The number of nitrogens with zero attached hydrogens (tertiary/aromatic N) is 1. The van der Waals surface area contributed by atoms with Gasteiger partial charge in [0.1, 0.15) is 17.2 Å². The molecule has 0 saturated carbocycles. The Morgan fingerprint density at radius 1 is 1.19 bits per heavy atom. The number of rotatable bonds is 9. The molecule has 0 heterocycles. The van der Waals surface area contributed by atoms with Crippen LogP contribution in [-0.2, 0) is 14.4 Å². The van der Waals surface area contributed by atoms with Crippen LogP contribution in [0.15, 0.2) is 29.4 Å². The van der Waals surface area contributed by atoms with E-state index in [-0.39, 0.29) is 12.5 Å². The summed E-state index contributed by atoms with van der Waals surface area (Å²) in [5, 5.41) is 3.73. The summed E-state index contributed by atoms with van der Waals surface area (Å²) in [6, 6.07) is 3.38. The van der Waals surface area contributed by atoms with E-state index in [4.69, 9.17) is 23.8 Å². The zero-order valence-corrected chi connectivity index (χ0v) is 15.4. The molecule has 0 bridgehead atoms. The Kier molecular flexibility index (Phi) is 7.95. The van der Waals surface area contributed by atoms with E-state index in [1.807, 2.05) is 6.08 Å². The smallest absolute Gasteiger partial charge is 0.337 e. The van der Waals surface area contributed by atoms with Gasteiger partial charge in [-0.05, 0) is 19.3 Å². The summed E-state index contributed by atoms with van der Waals surface area (Å²) >= 11 is 0. The first-order valence-electron chi connectivity index (χ1n) is 8.49. The molecule has 0 amide bonds. The average molecular weight is 363 g/mol. The maximum absolute atomic E-state index is 11.8. The lowest BCUT2D eigenvalue weighted by Gasteiger charge is -2.16. The van der Waals surface area contributed by atoms with Crippen molar-refractivity contribution < 1.29 is 28.6 Å². The summed E-state index contributed by atoms with van der Waals surface area (Å²) in [5.41, 5.74) is 0.548. The highest BCUT2D eigenvalue weighted by atomic mass is 16.7. The minimum absolute atomic E-state index is 0.0906. The topological polar surface area (TPSA) is 75.6 Å². The highest BCUT2D eigenvalue weighted by Gasteiger charge is 2.13. The second-order valence-electron chi connectivity index (χ2n) is 5.66. The van der Waals surface area contributed by atoms with E-state index in [0.717, 1.165) is 19.3 Å². The predicted octanol–water partition coefficient (Wildman–Crippen LogP) is 3.10. The first kappa shape index (κ1) is 19.8. The van der Waals surface area contributed by atoms with Gasteiger partial charge < -0.3 is 23.8 Å². The fraction of sp³-hybridized carbons (Fsp3) is 0.474. The minimum Gasteiger partial charge on any atom is -0.496 e. The van der Waals surface area contributed by atoms with Gasteiger partial charge in [0.25, 0.3) is 0 Å². The summed E-state index contributed by atoms with van der Waals surface area (Å²) in [5.74, 6) is 1.11. The highest BCUT2D eigenvalue weighted by molar-refractivity contribution is 5.88. The molecular weight excluding hydrogens is 338 g/mol. The third-order valence-electron chi connectivity index (χ3n) is 3.94. The number of oxime groups is 1. The van der Waals surface area contributed by atoms with Crippen LogP contribution in [0, 0.1) is 0 Å². The van der Waals surface area contributed by atoms with Crippen molar-refractivity contribution in [2.75, 3.05) is 27.9 Å². The Balaban J connectivity index is 1.87. The van der Waals surface area contributed by atoms with Gasteiger partial charge in [-0.2, -0.15) is 0 Å². The molecule has 1 aliphatic rings. The second kappa shape index (κ2) is 10.5. The molecule has 0 aromatic heterocycles. The number of benzene rings is 1. The third kappa shape index (κ3) is 5.77. The quantitative estimate of drug-likeness (QED) is 0.290. The van der Waals surface area contributed by atoms with E-state index in [1.54, 1.807) is 19.2 Å². The summed E-state index contributed by atoms with van der Waals surface area (Å²) in [7, 11) is 4.60. The first-order chi connectivity index (χ1) is 12.7. The van der Waals surface area contributed by atoms with Gasteiger partial charge in [0.05, 0.1) is 52.2 Å². The number of methoxy groups -OCH3 is 3. The molecule has 1 aliphatic carbocycles. The normalized spacial score (nSPS) is 16.5. The number of ether oxygens (including phenoxy) is 4. The van der Waals surface area contributed by atoms with E-state index in [2.05, 4.69) is 11.2 Å². The number of allylic oxidation sites excluding steroid dienone is 1. The molecule has 0 N–H and O–H groups in total. The minimum atomic E-state index is -0.465. The van der Waals surface area contributed by atoms with Crippen molar-refractivity contribution in [1.82, 2.24) is 0 Å². The maximum atomic E-state index is 11.8. The monoisotopic (exact) mass is 363 g/mol. The first-order valence-corrected chi connectivity index (χ1v) is 8.49. The molecule has 1 aromatic rings. The highest BCUT2D eigenvalue weighted by Crippen LogP contribution is 2.32. The number of hydrogen-bond donors (Lipinski definition) is 0. The zero-order chi connectivity index (χ0) is 18.8. The van der Waals surface area contributed by atoms with Crippen LogP contribution < -0.4 is 14.2 Å². The second-order valence-corrected chi connectivity index (χ2v) is 5.66. The molecule has 26 heavy (non-hydrogen) atoms. The molecule has 0 spiro atoms. The van der Waals surface area contributed by atoms with Crippen LogP contribution in [0.2, 0.25) is 0 Å². The van der Waals surface area contributed by atoms with Gasteiger partial charge in [-0.15, -0.1) is 0 Å². The van der Waals surface area contributed by atoms with Crippen LogP contribution in [0.4, 0.5) is 0 Å². The largest absolute Gasteiger partial charge is 0.496 e. The lowest BCUT2D eigenvalue weighted by molar-refractivity contribution is -0.145. The van der Waals surface area contributed by atoms with Crippen molar-refractivity contribution in [1.29, 1.82) is 0 Å². The van der Waals surface area contributed by atoms with Crippen molar-refractivity contribution >= 4 is 12.2 Å². The average Bonchev–Trinajstić information content (AvgIpc) is 2.68. The van der Waals surface area contributed by atoms with Crippen LogP contribution in [-0.4, -0.2) is 46.2 Å². The van der Waals surface area contributed by atoms with Gasteiger partial charge in [-0.3, -0.25) is 0 Å². The van der Waals surface area contributed by atoms with Crippen molar-refractivity contribution in [3.8, 4) is 17.2 Å². The van der Waals surface area contributed by atoms with Crippen molar-refractivity contribution in [3.63, 3.8) is 0 Å². The summed E-state index contributed by atoms with van der Waals surface area (Å²) in [4.78, 5) is 16.6. The molecule has 0 radical (unpaired) electrons. The Hall–Kier alpha value is -2.54. The SMILES string of the molecule is COc1cc(OC)c(/C=N/OC(=O)CCOC2C=CCCC2)c(OC)c1. The number of hydrogen-bond acceptors (Lipinski definition) is 7. The number of carbonyl (C=O) groups excluding carboxylic acids is 1. The van der Waals surface area contributed by atoms with Gasteiger partial charge in [0, 0.05) is 12.1 Å². The number of carbonyl (C=O) groups is 1. The standard InChI is InChI=1S/C19H25NO6/c1-22-15-11-17(23-2)16(18(12-15)24-3)13-20-26-19(21)9-10-25-14-7-5-4-6-8-14/h5,7,11-14H,4,6,8-10H2,1-3H3/b20-13+. The van der Waals surface area contributed by atoms with Crippen LogP contribution >= 0.6 is 0 Å². The molecule has 2 rings (SSSR count). The molecule has 1 aromatic carbocycles. The molecule has 0 aliphatic heterocycles. The van der Waals surface area contributed by atoms with Crippen LogP contribution in [0.25, 0.3) is 0 Å². The molecule has 142 valence electrons. The van der Waals surface area contributed by atoms with E-state index in [9.17, 15) is 4.79 Å². The lowest BCUT2D eigenvalue weighted by atomic mass is 10.1. The summed E-state index contributed by atoms with van der Waals surface area (Å²) in [6.07, 6.45) is 8.93. The van der Waals surface area contributed by atoms with E-state index < -0.39 is 5.97 Å².